The number of thiophene rings is 1. The highest BCUT2D eigenvalue weighted by atomic mass is 32.1. The highest BCUT2D eigenvalue weighted by molar-refractivity contribution is 7.13. The summed E-state index contributed by atoms with van der Waals surface area (Å²) < 4.78 is 16.0. The molecule has 1 aliphatic rings. The summed E-state index contributed by atoms with van der Waals surface area (Å²) in [6, 6.07) is 6.00. The summed E-state index contributed by atoms with van der Waals surface area (Å²) in [6.45, 7) is 2.98. The third kappa shape index (κ3) is 3.57. The van der Waals surface area contributed by atoms with E-state index >= 15 is 4.39 Å². The number of nitrogens with one attached hydrogen (secondary N) is 2. The standard InChI is InChI=1S/C26H21FN8S/c27-22-21-18(13-30-23(22)16-8-15(9-28-10-16)14-35-5-1-2-6-35)33-34-25(21)26-31-19-12-29-11-17(24(19)32-26)20-4-3-7-36-20/h3-4,7-13H,1-2,5-6,14H2,(H,31,32)(H,33,34). The van der Waals surface area contributed by atoms with Gasteiger partial charge in [-0.2, -0.15) is 5.10 Å². The molecule has 6 aromatic heterocycles. The van der Waals surface area contributed by atoms with Crippen LogP contribution in [0.3, 0.4) is 0 Å². The second kappa shape index (κ2) is 8.58. The summed E-state index contributed by atoms with van der Waals surface area (Å²) >= 11 is 1.62. The molecular formula is C26H21FN8S. The van der Waals surface area contributed by atoms with Crippen molar-refractivity contribution in [1.82, 2.24) is 40.0 Å². The molecule has 178 valence electrons. The quantitative estimate of drug-likeness (QED) is 0.331. The Morgan fingerprint density at radius 2 is 1.89 bits per heavy atom. The Morgan fingerprint density at radius 3 is 2.75 bits per heavy atom. The van der Waals surface area contributed by atoms with Gasteiger partial charge in [-0.3, -0.25) is 25.0 Å². The Morgan fingerprint density at radius 1 is 1.00 bits per heavy atom. The topological polar surface area (TPSA) is 99.3 Å². The fourth-order valence-electron chi connectivity index (χ4n) is 4.91. The molecule has 1 fully saturated rings. The number of imidazole rings is 1. The summed E-state index contributed by atoms with van der Waals surface area (Å²) in [5.74, 6) is 0.0208. The van der Waals surface area contributed by atoms with Gasteiger partial charge in [0, 0.05) is 41.1 Å². The average molecular weight is 497 g/mol. The third-order valence-electron chi connectivity index (χ3n) is 6.62. The van der Waals surface area contributed by atoms with Gasteiger partial charge >= 0.3 is 0 Å². The molecular weight excluding hydrogens is 475 g/mol. The molecule has 6 aromatic rings. The van der Waals surface area contributed by atoms with Crippen LogP contribution in [0.4, 0.5) is 4.39 Å². The number of hydrogen-bond acceptors (Lipinski definition) is 7. The van der Waals surface area contributed by atoms with Crippen LogP contribution in [0.2, 0.25) is 0 Å². The number of pyridine rings is 3. The maximum absolute atomic E-state index is 16.0. The molecule has 0 radical (unpaired) electrons. The largest absolute Gasteiger partial charge is 0.335 e. The molecule has 7 heterocycles. The van der Waals surface area contributed by atoms with Crippen molar-refractivity contribution in [3.05, 3.63) is 65.9 Å². The molecule has 0 unspecified atom stereocenters. The van der Waals surface area contributed by atoms with E-state index in [1.165, 1.54) is 12.8 Å². The minimum Gasteiger partial charge on any atom is -0.335 e. The lowest BCUT2D eigenvalue weighted by Crippen LogP contribution is -2.18. The van der Waals surface area contributed by atoms with Crippen LogP contribution in [0.25, 0.3) is 55.2 Å². The van der Waals surface area contributed by atoms with E-state index in [0.717, 1.165) is 46.7 Å². The third-order valence-corrected chi connectivity index (χ3v) is 7.53. The zero-order valence-corrected chi connectivity index (χ0v) is 20.0. The van der Waals surface area contributed by atoms with Crippen molar-refractivity contribution in [3.8, 4) is 33.2 Å². The van der Waals surface area contributed by atoms with E-state index in [2.05, 4.69) is 35.0 Å². The van der Waals surface area contributed by atoms with Gasteiger partial charge in [0.05, 0.1) is 28.8 Å². The van der Waals surface area contributed by atoms with E-state index in [4.69, 9.17) is 4.98 Å². The molecule has 2 N–H and O–H groups in total. The number of aromatic amines is 2. The molecule has 0 bridgehead atoms. The highest BCUT2D eigenvalue weighted by Crippen LogP contribution is 2.35. The Kier molecular flexibility index (Phi) is 5.07. The van der Waals surface area contributed by atoms with Gasteiger partial charge in [0.25, 0.3) is 0 Å². The van der Waals surface area contributed by atoms with E-state index in [1.54, 1.807) is 36.1 Å². The first-order chi connectivity index (χ1) is 17.7. The number of likely N-dealkylation sites (tertiary alicyclic amines) is 1. The Labute approximate surface area is 209 Å². The van der Waals surface area contributed by atoms with E-state index in [1.807, 2.05) is 29.8 Å². The normalized spacial score (nSPS) is 14.4. The zero-order valence-electron chi connectivity index (χ0n) is 19.2. The van der Waals surface area contributed by atoms with Crippen LogP contribution in [0.15, 0.2) is 54.6 Å². The molecule has 0 aromatic carbocycles. The second-order valence-electron chi connectivity index (χ2n) is 8.99. The van der Waals surface area contributed by atoms with Gasteiger partial charge in [0.15, 0.2) is 11.6 Å². The first-order valence-electron chi connectivity index (χ1n) is 11.8. The number of nitrogens with zero attached hydrogens (tertiary/aromatic N) is 6. The first kappa shape index (κ1) is 21.3. The van der Waals surface area contributed by atoms with Gasteiger partial charge in [0.1, 0.15) is 16.9 Å². The van der Waals surface area contributed by atoms with Crippen molar-refractivity contribution < 1.29 is 4.39 Å². The van der Waals surface area contributed by atoms with E-state index < -0.39 is 5.82 Å². The predicted octanol–water partition coefficient (Wildman–Crippen LogP) is 5.42. The van der Waals surface area contributed by atoms with E-state index in [0.29, 0.717) is 28.0 Å². The van der Waals surface area contributed by atoms with Crippen molar-refractivity contribution in [2.45, 2.75) is 19.4 Å². The van der Waals surface area contributed by atoms with Crippen molar-refractivity contribution in [1.29, 1.82) is 0 Å². The molecule has 7 rings (SSSR count). The maximum atomic E-state index is 16.0. The molecule has 8 nitrogen and oxygen atoms in total. The van der Waals surface area contributed by atoms with Crippen LogP contribution in [-0.2, 0) is 6.54 Å². The number of rotatable bonds is 5. The zero-order chi connectivity index (χ0) is 24.1. The molecule has 0 atom stereocenters. The van der Waals surface area contributed by atoms with Gasteiger partial charge in [0.2, 0.25) is 0 Å². The fourth-order valence-corrected chi connectivity index (χ4v) is 5.64. The van der Waals surface area contributed by atoms with Gasteiger partial charge in [-0.1, -0.05) is 6.07 Å². The SMILES string of the molecule is Fc1c(-c2cncc(CN3CCCC3)c2)ncc2[nH]nc(-c3nc4c(-c5cccs5)cncc4[nH]3)c12. The predicted molar refractivity (Wildman–Crippen MR) is 138 cm³/mol. The summed E-state index contributed by atoms with van der Waals surface area (Å²) in [4.78, 5) is 24.7. The summed E-state index contributed by atoms with van der Waals surface area (Å²) in [5, 5.41) is 9.66. The molecule has 36 heavy (non-hydrogen) atoms. The van der Waals surface area contributed by atoms with Crippen molar-refractivity contribution in [2.75, 3.05) is 13.1 Å². The van der Waals surface area contributed by atoms with Gasteiger partial charge in [-0.25, -0.2) is 9.37 Å². The molecule has 10 heteroatoms. The lowest BCUT2D eigenvalue weighted by molar-refractivity contribution is 0.331. The molecule has 0 spiro atoms. The van der Waals surface area contributed by atoms with Crippen molar-refractivity contribution >= 4 is 33.3 Å². The van der Waals surface area contributed by atoms with Crippen LogP contribution < -0.4 is 0 Å². The van der Waals surface area contributed by atoms with Crippen LogP contribution in [0, 0.1) is 5.82 Å². The van der Waals surface area contributed by atoms with Gasteiger partial charge < -0.3 is 4.98 Å². The summed E-state index contributed by atoms with van der Waals surface area (Å²) in [5.41, 5.74) is 5.31. The maximum Gasteiger partial charge on any atom is 0.161 e. The number of hydrogen-bond donors (Lipinski definition) is 2. The fraction of sp³-hybridized carbons (Fsp3) is 0.192. The summed E-state index contributed by atoms with van der Waals surface area (Å²) in [6.07, 6.45) is 11.1. The molecule has 0 amide bonds. The van der Waals surface area contributed by atoms with Crippen molar-refractivity contribution in [3.63, 3.8) is 0 Å². The Bertz CT molecular complexity index is 1700. The van der Waals surface area contributed by atoms with Crippen molar-refractivity contribution in [2.24, 2.45) is 0 Å². The lowest BCUT2D eigenvalue weighted by Gasteiger charge is -2.14. The minimum absolute atomic E-state index is 0.248. The molecule has 0 aliphatic carbocycles. The number of H-pyrrole nitrogens is 2. The minimum atomic E-state index is -0.451. The number of aromatic nitrogens is 7. The van der Waals surface area contributed by atoms with Crippen LogP contribution >= 0.6 is 11.3 Å². The number of fused-ring (bicyclic) bond motifs is 2. The monoisotopic (exact) mass is 496 g/mol. The highest BCUT2D eigenvalue weighted by Gasteiger charge is 2.22. The van der Waals surface area contributed by atoms with Crippen LogP contribution in [0.5, 0.6) is 0 Å². The molecule has 0 saturated carbocycles. The Hall–Kier alpha value is -4.02. The van der Waals surface area contributed by atoms with E-state index in [-0.39, 0.29) is 5.69 Å². The molecule has 1 saturated heterocycles. The average Bonchev–Trinajstić information content (AvgIpc) is 3.70. The van der Waals surface area contributed by atoms with Crippen LogP contribution in [-0.4, -0.2) is 53.1 Å². The van der Waals surface area contributed by atoms with Gasteiger partial charge in [-0.15, -0.1) is 11.3 Å². The summed E-state index contributed by atoms with van der Waals surface area (Å²) in [7, 11) is 0. The van der Waals surface area contributed by atoms with E-state index in [9.17, 15) is 0 Å². The number of halogens is 1. The second-order valence-corrected chi connectivity index (χ2v) is 9.94. The van der Waals surface area contributed by atoms with Gasteiger partial charge in [-0.05, 0) is 49.0 Å². The smallest absolute Gasteiger partial charge is 0.161 e. The first-order valence-corrected chi connectivity index (χ1v) is 12.7. The van der Waals surface area contributed by atoms with Crippen LogP contribution in [0.1, 0.15) is 18.4 Å². The Balaban J connectivity index is 1.32. The molecule has 1 aliphatic heterocycles. The lowest BCUT2D eigenvalue weighted by atomic mass is 10.1.